The van der Waals surface area contributed by atoms with Gasteiger partial charge in [-0.3, -0.25) is 29.3 Å². The molecule has 3 aromatic carbocycles. The Bertz CT molecular complexity index is 3230. The second-order valence-electron chi connectivity index (χ2n) is 18.5. The van der Waals surface area contributed by atoms with Gasteiger partial charge in [-0.05, 0) is 85.3 Å². The number of fused-ring (bicyclic) bond motifs is 2. The lowest BCUT2D eigenvalue weighted by atomic mass is 9.94. The first-order chi connectivity index (χ1) is 33.6. The molecule has 3 aliphatic rings. The Kier molecular flexibility index (Phi) is 12.7. The number of aromatic nitrogens is 8. The maximum Gasteiger partial charge on any atom is 0.329 e. The van der Waals surface area contributed by atoms with Gasteiger partial charge < -0.3 is 29.7 Å². The molecule has 0 bridgehead atoms. The molecule has 4 aromatic heterocycles. The fourth-order valence-electron chi connectivity index (χ4n) is 9.86. The monoisotopic (exact) mass is 1030 g/mol. The van der Waals surface area contributed by atoms with Crippen LogP contribution in [0, 0.1) is 18.7 Å². The van der Waals surface area contributed by atoms with Crippen molar-refractivity contribution in [2.45, 2.75) is 26.2 Å². The molecule has 364 valence electrons. The van der Waals surface area contributed by atoms with Gasteiger partial charge in [0.25, 0.3) is 0 Å². The van der Waals surface area contributed by atoms with E-state index in [-0.39, 0.29) is 24.7 Å². The highest BCUT2D eigenvalue weighted by atomic mass is 79.9. The van der Waals surface area contributed by atoms with Crippen LogP contribution in [0.15, 0.2) is 65.7 Å². The Morgan fingerprint density at radius 3 is 2.37 bits per heavy atom. The number of methoxy groups -OCH3 is 1. The normalized spacial score (nSPS) is 16.4. The van der Waals surface area contributed by atoms with E-state index in [1.165, 1.54) is 11.0 Å². The van der Waals surface area contributed by atoms with Crippen LogP contribution in [0.25, 0.3) is 32.9 Å². The molecule has 3 saturated heterocycles. The summed E-state index contributed by atoms with van der Waals surface area (Å²) in [6.07, 6.45) is 9.43. The molecule has 0 aliphatic carbocycles. The number of aryl methyl sites for hydroxylation is 3. The molecular formula is C48H54BrFN15O4P. The predicted octanol–water partition coefficient (Wildman–Crippen LogP) is 7.15. The van der Waals surface area contributed by atoms with Crippen LogP contribution < -0.4 is 40.7 Å². The van der Waals surface area contributed by atoms with Crippen molar-refractivity contribution in [3.05, 3.63) is 77.3 Å². The van der Waals surface area contributed by atoms with Gasteiger partial charge in [0.2, 0.25) is 11.9 Å². The van der Waals surface area contributed by atoms with Crippen molar-refractivity contribution in [1.82, 2.24) is 49.7 Å². The van der Waals surface area contributed by atoms with Crippen molar-refractivity contribution >= 4 is 102 Å². The van der Waals surface area contributed by atoms with E-state index in [1.807, 2.05) is 44.6 Å². The van der Waals surface area contributed by atoms with Crippen LogP contribution in [-0.4, -0.2) is 129 Å². The molecule has 0 unspecified atom stereocenters. The number of urea groups is 1. The smallest absolute Gasteiger partial charge is 0.329 e. The Morgan fingerprint density at radius 2 is 1.66 bits per heavy atom. The highest BCUT2D eigenvalue weighted by Crippen LogP contribution is 2.44. The summed E-state index contributed by atoms with van der Waals surface area (Å²) >= 11 is 3.62. The minimum Gasteiger partial charge on any atom is -0.494 e. The molecule has 19 nitrogen and oxygen atoms in total. The summed E-state index contributed by atoms with van der Waals surface area (Å²) in [7, 11) is 2.53. The van der Waals surface area contributed by atoms with Crippen molar-refractivity contribution in [3.63, 3.8) is 0 Å². The second-order valence-corrected chi connectivity index (χ2v) is 22.5. The summed E-state index contributed by atoms with van der Waals surface area (Å²) < 4.78 is 39.7. The average Bonchev–Trinajstić information content (AvgIpc) is 3.91. The fourth-order valence-corrected chi connectivity index (χ4v) is 11.6. The number of carbonyl (C=O) groups excluding carboxylic acids is 2. The number of piperazine rings is 1. The Balaban J connectivity index is 0.816. The van der Waals surface area contributed by atoms with Crippen molar-refractivity contribution in [2.24, 2.45) is 20.0 Å². The van der Waals surface area contributed by atoms with Crippen LogP contribution in [0.1, 0.15) is 25.1 Å². The Hall–Kier alpha value is -6.70. The fraction of sp³-hybridized carbons (Fsp3) is 0.375. The first-order valence-corrected chi connectivity index (χ1v) is 26.6. The van der Waals surface area contributed by atoms with Crippen molar-refractivity contribution < 1.29 is 23.3 Å². The molecule has 0 radical (unpaired) electrons. The standard InChI is InChI=1S/C48H54BrFN15O4P/c1-28-51-24-33-36(54-28)7-8-37(44(33)70(5,6)68)55-45-34(49)25-52-47(58-45)56-38-20-31(30-23-53-60(2)27-30)40(22-42(38)69-4)63-12-9-29(10-13-63)26-62-15-17-64(18-16-62)41-21-39-32(19-35(41)50)46(59-61(39)3)65-14-11-43(66)57-48(65)67/h7-8,19-25,27,29H,9-18,26H2,1-6H3,(H,57,66,67)(H2,52,55,56,58). The van der Waals surface area contributed by atoms with Gasteiger partial charge in [0.1, 0.15) is 30.4 Å². The number of imide groups is 1. The van der Waals surface area contributed by atoms with E-state index in [0.29, 0.717) is 85.9 Å². The van der Waals surface area contributed by atoms with E-state index < -0.39 is 13.2 Å². The Morgan fingerprint density at radius 1 is 0.886 bits per heavy atom. The minimum absolute atomic E-state index is 0.160. The lowest BCUT2D eigenvalue weighted by Crippen LogP contribution is -2.49. The van der Waals surface area contributed by atoms with Crippen molar-refractivity contribution in [3.8, 4) is 16.9 Å². The van der Waals surface area contributed by atoms with Gasteiger partial charge >= 0.3 is 6.03 Å². The number of anilines is 7. The van der Waals surface area contributed by atoms with Crippen LogP contribution >= 0.6 is 23.1 Å². The number of nitrogens with zero attached hydrogens (tertiary/aromatic N) is 12. The number of hydrogen-bond donors (Lipinski definition) is 3. The maximum atomic E-state index is 15.8. The largest absolute Gasteiger partial charge is 0.494 e. The molecule has 22 heteroatoms. The van der Waals surface area contributed by atoms with Crippen molar-refractivity contribution in [1.29, 1.82) is 0 Å². The van der Waals surface area contributed by atoms with Gasteiger partial charge in [-0.2, -0.15) is 15.2 Å². The van der Waals surface area contributed by atoms with Crippen LogP contribution in [0.4, 0.5) is 49.5 Å². The molecule has 70 heavy (non-hydrogen) atoms. The number of ether oxygens (including phenoxy) is 1. The van der Waals surface area contributed by atoms with Gasteiger partial charge in [0.05, 0.1) is 45.9 Å². The quantitative estimate of drug-likeness (QED) is 0.104. The molecule has 7 heterocycles. The number of nitrogens with one attached hydrogen (secondary N) is 3. The van der Waals surface area contributed by atoms with Gasteiger partial charge in [0.15, 0.2) is 5.82 Å². The number of amides is 3. The summed E-state index contributed by atoms with van der Waals surface area (Å²) in [5, 5.41) is 20.1. The number of hydrogen-bond acceptors (Lipinski definition) is 15. The molecule has 3 fully saturated rings. The number of piperidine rings is 1. The third-order valence-corrected chi connectivity index (χ3v) is 15.5. The molecular weight excluding hydrogens is 981 g/mol. The number of carbonyl (C=O) groups is 2. The molecule has 3 N–H and O–H groups in total. The van der Waals surface area contributed by atoms with Crippen LogP contribution in [0.3, 0.4) is 0 Å². The predicted molar refractivity (Wildman–Crippen MR) is 275 cm³/mol. The van der Waals surface area contributed by atoms with Gasteiger partial charge in [-0.15, -0.1) is 0 Å². The zero-order valence-electron chi connectivity index (χ0n) is 39.8. The molecule has 3 amide bonds. The summed E-state index contributed by atoms with van der Waals surface area (Å²) in [6.45, 7) is 11.2. The minimum atomic E-state index is -2.81. The van der Waals surface area contributed by atoms with Gasteiger partial charge in [-0.25, -0.2) is 24.1 Å². The number of rotatable bonds is 12. The highest BCUT2D eigenvalue weighted by molar-refractivity contribution is 9.10. The zero-order chi connectivity index (χ0) is 49.0. The van der Waals surface area contributed by atoms with Crippen LogP contribution in [0.5, 0.6) is 5.75 Å². The highest BCUT2D eigenvalue weighted by Gasteiger charge is 2.31. The lowest BCUT2D eigenvalue weighted by Gasteiger charge is -2.40. The summed E-state index contributed by atoms with van der Waals surface area (Å²) in [6, 6.07) is 10.6. The van der Waals surface area contributed by atoms with Crippen molar-refractivity contribution in [2.75, 3.05) is 98.1 Å². The van der Waals surface area contributed by atoms with E-state index in [2.05, 4.69) is 83.9 Å². The molecule has 0 spiro atoms. The topological polar surface area (TPSA) is 197 Å². The average molecular weight is 1030 g/mol. The molecule has 0 atom stereocenters. The first-order valence-electron chi connectivity index (χ1n) is 23.2. The van der Waals surface area contributed by atoms with E-state index in [4.69, 9.17) is 9.72 Å². The Labute approximate surface area is 412 Å². The number of benzene rings is 3. The van der Waals surface area contributed by atoms with Crippen LogP contribution in [-0.2, 0) is 23.5 Å². The molecule has 7 aromatic rings. The molecule has 0 saturated carbocycles. The SMILES string of the molecule is COc1cc(N2CCC(CN3CCN(c4cc5c(cc4F)c(N4CCC(=O)NC4=O)nn5C)CC3)CC2)c(-c2cnn(C)c2)cc1Nc1ncc(Br)c(Nc2ccc3nc(C)ncc3c2P(C)(C)=O)n1. The maximum absolute atomic E-state index is 15.8. The van der Waals surface area contributed by atoms with E-state index in [9.17, 15) is 14.2 Å². The van der Waals surface area contributed by atoms with Crippen LogP contribution in [0.2, 0.25) is 0 Å². The van der Waals surface area contributed by atoms with Gasteiger partial charge in [0, 0.05) is 130 Å². The molecule has 10 rings (SSSR count). The summed E-state index contributed by atoms with van der Waals surface area (Å²) in [5.41, 5.74) is 6.26. The lowest BCUT2D eigenvalue weighted by molar-refractivity contribution is -0.120. The third kappa shape index (κ3) is 9.36. The third-order valence-electron chi connectivity index (χ3n) is 13.4. The number of halogens is 2. The second kappa shape index (κ2) is 18.9. The summed E-state index contributed by atoms with van der Waals surface area (Å²) in [4.78, 5) is 51.1. The van der Waals surface area contributed by atoms with E-state index in [0.717, 1.165) is 73.3 Å². The molecule has 3 aliphatic heterocycles. The first kappa shape index (κ1) is 47.0. The van der Waals surface area contributed by atoms with E-state index in [1.54, 1.807) is 49.2 Å². The zero-order valence-corrected chi connectivity index (χ0v) is 42.3. The van der Waals surface area contributed by atoms with E-state index >= 15 is 4.39 Å². The summed E-state index contributed by atoms with van der Waals surface area (Å²) in [5.74, 6) is 2.21. The van der Waals surface area contributed by atoms with Gasteiger partial charge in [-0.1, -0.05) is 0 Å².